The highest BCUT2D eigenvalue weighted by molar-refractivity contribution is 6.30. The Morgan fingerprint density at radius 2 is 1.88 bits per heavy atom. The highest BCUT2D eigenvalue weighted by Gasteiger charge is 2.15. The molecule has 6 heteroatoms. The van der Waals surface area contributed by atoms with E-state index in [0.717, 1.165) is 23.3 Å². The van der Waals surface area contributed by atoms with Crippen LogP contribution >= 0.6 is 11.6 Å². The lowest BCUT2D eigenvalue weighted by atomic mass is 10.1. The molecule has 0 aliphatic rings. The van der Waals surface area contributed by atoms with Crippen molar-refractivity contribution < 1.29 is 18.7 Å². The SMILES string of the molecule is Cc1ccc(CNC(=O)COC(=O)c2cc(Cl)ccc2F)cc1C. The molecule has 2 aromatic carbocycles. The van der Waals surface area contributed by atoms with E-state index >= 15 is 0 Å². The van der Waals surface area contributed by atoms with Crippen molar-refractivity contribution in [3.8, 4) is 0 Å². The summed E-state index contributed by atoms with van der Waals surface area (Å²) in [5.41, 5.74) is 2.94. The molecule has 0 radical (unpaired) electrons. The van der Waals surface area contributed by atoms with E-state index in [-0.39, 0.29) is 10.6 Å². The molecule has 0 aliphatic heterocycles. The Hall–Kier alpha value is -2.40. The second kappa shape index (κ2) is 7.93. The number of rotatable bonds is 5. The van der Waals surface area contributed by atoms with E-state index in [9.17, 15) is 14.0 Å². The van der Waals surface area contributed by atoms with E-state index < -0.39 is 24.3 Å². The van der Waals surface area contributed by atoms with Crippen LogP contribution in [-0.2, 0) is 16.1 Å². The van der Waals surface area contributed by atoms with E-state index in [2.05, 4.69) is 5.32 Å². The summed E-state index contributed by atoms with van der Waals surface area (Å²) >= 11 is 5.71. The topological polar surface area (TPSA) is 55.4 Å². The van der Waals surface area contributed by atoms with Crippen molar-refractivity contribution >= 4 is 23.5 Å². The van der Waals surface area contributed by atoms with Crippen LogP contribution in [0, 0.1) is 19.7 Å². The minimum absolute atomic E-state index is 0.211. The molecule has 0 aliphatic carbocycles. The van der Waals surface area contributed by atoms with Gasteiger partial charge in [0.15, 0.2) is 6.61 Å². The van der Waals surface area contributed by atoms with Crippen LogP contribution in [-0.4, -0.2) is 18.5 Å². The molecule has 0 saturated heterocycles. The molecule has 0 aromatic heterocycles. The molecule has 0 unspecified atom stereocenters. The van der Waals surface area contributed by atoms with Gasteiger partial charge in [-0.1, -0.05) is 29.8 Å². The van der Waals surface area contributed by atoms with Crippen LogP contribution in [0.2, 0.25) is 5.02 Å². The molecular weight excluding hydrogens is 333 g/mol. The van der Waals surface area contributed by atoms with Gasteiger partial charge in [0.2, 0.25) is 0 Å². The first kappa shape index (κ1) is 17.9. The number of esters is 1. The number of ether oxygens (including phenoxy) is 1. The first-order valence-corrected chi connectivity index (χ1v) is 7.69. The van der Waals surface area contributed by atoms with Gasteiger partial charge < -0.3 is 10.1 Å². The number of hydrogen-bond donors (Lipinski definition) is 1. The quantitative estimate of drug-likeness (QED) is 0.839. The number of benzene rings is 2. The molecule has 1 N–H and O–H groups in total. The fraction of sp³-hybridized carbons (Fsp3) is 0.222. The third-order valence-corrected chi connectivity index (χ3v) is 3.78. The van der Waals surface area contributed by atoms with E-state index in [1.54, 1.807) is 0 Å². The van der Waals surface area contributed by atoms with Crippen LogP contribution in [0.5, 0.6) is 0 Å². The molecule has 2 aromatic rings. The lowest BCUT2D eigenvalue weighted by molar-refractivity contribution is -0.124. The summed E-state index contributed by atoms with van der Waals surface area (Å²) in [4.78, 5) is 23.5. The van der Waals surface area contributed by atoms with Crippen LogP contribution in [0.3, 0.4) is 0 Å². The Balaban J connectivity index is 1.85. The van der Waals surface area contributed by atoms with Gasteiger partial charge in [-0.05, 0) is 48.7 Å². The zero-order chi connectivity index (χ0) is 17.7. The maximum atomic E-state index is 13.5. The number of aryl methyl sites for hydroxylation is 2. The van der Waals surface area contributed by atoms with Gasteiger partial charge in [0, 0.05) is 11.6 Å². The summed E-state index contributed by atoms with van der Waals surface area (Å²) < 4.78 is 18.3. The Labute approximate surface area is 144 Å². The number of amides is 1. The third kappa shape index (κ3) is 4.80. The first-order valence-electron chi connectivity index (χ1n) is 7.32. The van der Waals surface area contributed by atoms with Gasteiger partial charge in [-0.3, -0.25) is 4.79 Å². The highest BCUT2D eigenvalue weighted by Crippen LogP contribution is 2.15. The molecule has 24 heavy (non-hydrogen) atoms. The summed E-state index contributed by atoms with van der Waals surface area (Å²) in [6.45, 7) is 3.83. The number of carbonyl (C=O) groups excluding carboxylic acids is 2. The molecular formula is C18H17ClFNO3. The average Bonchev–Trinajstić information content (AvgIpc) is 2.56. The molecule has 0 spiro atoms. The normalized spacial score (nSPS) is 10.3. The minimum atomic E-state index is -0.934. The van der Waals surface area contributed by atoms with Gasteiger partial charge in [-0.2, -0.15) is 0 Å². The van der Waals surface area contributed by atoms with Crippen molar-refractivity contribution in [1.82, 2.24) is 5.32 Å². The van der Waals surface area contributed by atoms with Gasteiger partial charge in [0.25, 0.3) is 5.91 Å². The largest absolute Gasteiger partial charge is 0.452 e. The minimum Gasteiger partial charge on any atom is -0.452 e. The zero-order valence-electron chi connectivity index (χ0n) is 13.4. The number of halogens is 2. The van der Waals surface area contributed by atoms with E-state index in [4.69, 9.17) is 16.3 Å². The molecule has 0 atom stereocenters. The molecule has 1 amide bonds. The monoisotopic (exact) mass is 349 g/mol. The number of hydrogen-bond acceptors (Lipinski definition) is 3. The Bertz CT molecular complexity index is 777. The lowest BCUT2D eigenvalue weighted by Gasteiger charge is -2.09. The molecule has 0 saturated carbocycles. The van der Waals surface area contributed by atoms with Gasteiger partial charge in [0.1, 0.15) is 5.82 Å². The fourth-order valence-corrected chi connectivity index (χ4v) is 2.20. The van der Waals surface area contributed by atoms with Gasteiger partial charge in [0.05, 0.1) is 5.56 Å². The van der Waals surface area contributed by atoms with Gasteiger partial charge >= 0.3 is 5.97 Å². The predicted octanol–water partition coefficient (Wildman–Crippen LogP) is 3.57. The van der Waals surface area contributed by atoms with Crippen molar-refractivity contribution in [2.75, 3.05) is 6.61 Å². The van der Waals surface area contributed by atoms with Crippen molar-refractivity contribution in [2.24, 2.45) is 0 Å². The number of nitrogens with one attached hydrogen (secondary N) is 1. The second-order valence-corrected chi connectivity index (χ2v) is 5.83. The average molecular weight is 350 g/mol. The molecule has 126 valence electrons. The van der Waals surface area contributed by atoms with Crippen LogP contribution in [0.1, 0.15) is 27.0 Å². The van der Waals surface area contributed by atoms with Gasteiger partial charge in [-0.25, -0.2) is 9.18 Å². The first-order chi connectivity index (χ1) is 11.4. The summed E-state index contributed by atoms with van der Waals surface area (Å²) in [5, 5.41) is 2.85. The second-order valence-electron chi connectivity index (χ2n) is 5.40. The van der Waals surface area contributed by atoms with Crippen molar-refractivity contribution in [3.63, 3.8) is 0 Å². The Morgan fingerprint density at radius 1 is 1.12 bits per heavy atom. The Kier molecular flexibility index (Phi) is 5.93. The highest BCUT2D eigenvalue weighted by atomic mass is 35.5. The summed E-state index contributed by atoms with van der Waals surface area (Å²) in [7, 11) is 0. The smallest absolute Gasteiger partial charge is 0.341 e. The van der Waals surface area contributed by atoms with Crippen molar-refractivity contribution in [2.45, 2.75) is 20.4 Å². The maximum absolute atomic E-state index is 13.5. The Morgan fingerprint density at radius 3 is 2.58 bits per heavy atom. The maximum Gasteiger partial charge on any atom is 0.341 e. The molecule has 4 nitrogen and oxygen atoms in total. The third-order valence-electron chi connectivity index (χ3n) is 3.54. The van der Waals surface area contributed by atoms with E-state index in [1.165, 1.54) is 11.6 Å². The predicted molar refractivity (Wildman–Crippen MR) is 89.5 cm³/mol. The van der Waals surface area contributed by atoms with Crippen molar-refractivity contribution in [1.29, 1.82) is 0 Å². The fourth-order valence-electron chi connectivity index (χ4n) is 2.03. The standard InChI is InChI=1S/C18H17ClFNO3/c1-11-3-4-13(7-12(11)2)9-21-17(22)10-24-18(23)15-8-14(19)5-6-16(15)20/h3-8H,9-10H2,1-2H3,(H,21,22). The zero-order valence-corrected chi connectivity index (χ0v) is 14.1. The summed E-state index contributed by atoms with van der Waals surface area (Å²) in [5.74, 6) is -2.15. The van der Waals surface area contributed by atoms with Crippen LogP contribution in [0.25, 0.3) is 0 Å². The van der Waals surface area contributed by atoms with Crippen molar-refractivity contribution in [3.05, 3.63) is 69.5 Å². The molecule has 2 rings (SSSR count). The van der Waals surface area contributed by atoms with Crippen LogP contribution in [0.15, 0.2) is 36.4 Å². The summed E-state index contributed by atoms with van der Waals surface area (Å²) in [6, 6.07) is 9.41. The molecule has 0 bridgehead atoms. The van der Waals surface area contributed by atoms with Gasteiger partial charge in [-0.15, -0.1) is 0 Å². The van der Waals surface area contributed by atoms with E-state index in [1.807, 2.05) is 32.0 Å². The van der Waals surface area contributed by atoms with Crippen LogP contribution < -0.4 is 5.32 Å². The van der Waals surface area contributed by atoms with E-state index in [0.29, 0.717) is 6.54 Å². The molecule has 0 fully saturated rings. The summed E-state index contributed by atoms with van der Waals surface area (Å²) in [6.07, 6.45) is 0. The lowest BCUT2D eigenvalue weighted by Crippen LogP contribution is -2.28. The number of carbonyl (C=O) groups is 2. The van der Waals surface area contributed by atoms with Crippen LogP contribution in [0.4, 0.5) is 4.39 Å². The molecule has 0 heterocycles.